The normalized spacial score (nSPS) is 11.7. The van der Waals surface area contributed by atoms with Crippen LogP contribution in [0.3, 0.4) is 0 Å². The first kappa shape index (κ1) is 22.1. The summed E-state index contributed by atoms with van der Waals surface area (Å²) in [4.78, 5) is 4.36. The fraction of sp³-hybridized carbons (Fsp3) is 0.400. The molecule has 0 saturated heterocycles. The third-order valence-electron chi connectivity index (χ3n) is 5.22. The molecule has 0 atom stereocenters. The summed E-state index contributed by atoms with van der Waals surface area (Å²) in [7, 11) is 0. The number of halogens is 3. The average molecular weight is 415 g/mol. The van der Waals surface area contributed by atoms with E-state index in [2.05, 4.69) is 11.9 Å². The molecule has 30 heavy (non-hydrogen) atoms. The van der Waals surface area contributed by atoms with E-state index in [0.717, 1.165) is 41.5 Å². The van der Waals surface area contributed by atoms with Crippen LogP contribution in [0.4, 0.5) is 13.2 Å². The van der Waals surface area contributed by atoms with Crippen LogP contribution in [0.25, 0.3) is 22.0 Å². The lowest BCUT2D eigenvalue weighted by atomic mass is 10.0. The molecule has 0 N–H and O–H groups in total. The molecular weight excluding hydrogens is 387 g/mol. The van der Waals surface area contributed by atoms with Crippen molar-refractivity contribution in [1.29, 1.82) is 0 Å². The van der Waals surface area contributed by atoms with Crippen molar-refractivity contribution in [2.45, 2.75) is 58.0 Å². The third kappa shape index (κ3) is 5.97. The Labute approximate surface area is 176 Å². The minimum atomic E-state index is -4.38. The zero-order valence-electron chi connectivity index (χ0n) is 17.3. The molecule has 5 heteroatoms. The SMILES string of the molecule is CCCCCCCCCOc1ccc2ccnc(-c3cccc(C(F)(F)F)c3)c2c1. The van der Waals surface area contributed by atoms with Gasteiger partial charge in [-0.2, -0.15) is 13.2 Å². The van der Waals surface area contributed by atoms with Crippen LogP contribution in [0.1, 0.15) is 57.4 Å². The number of hydrogen-bond donors (Lipinski definition) is 0. The molecule has 3 aromatic rings. The van der Waals surface area contributed by atoms with Gasteiger partial charge in [-0.1, -0.05) is 63.6 Å². The van der Waals surface area contributed by atoms with Gasteiger partial charge in [0.2, 0.25) is 0 Å². The number of rotatable bonds is 10. The summed E-state index contributed by atoms with van der Waals surface area (Å²) in [6.45, 7) is 2.85. The second-order valence-corrected chi connectivity index (χ2v) is 7.59. The molecule has 2 nitrogen and oxygen atoms in total. The van der Waals surface area contributed by atoms with Gasteiger partial charge in [0.1, 0.15) is 5.75 Å². The molecule has 0 spiro atoms. The molecule has 2 aromatic carbocycles. The summed E-state index contributed by atoms with van der Waals surface area (Å²) in [6, 6.07) is 12.8. The molecule has 0 bridgehead atoms. The topological polar surface area (TPSA) is 22.1 Å². The van der Waals surface area contributed by atoms with E-state index in [1.807, 2.05) is 24.3 Å². The van der Waals surface area contributed by atoms with Crippen LogP contribution in [0, 0.1) is 0 Å². The first-order valence-corrected chi connectivity index (χ1v) is 10.7. The van der Waals surface area contributed by atoms with Gasteiger partial charge in [-0.05, 0) is 42.1 Å². The molecule has 0 aliphatic carbocycles. The predicted molar refractivity (Wildman–Crippen MR) is 116 cm³/mol. The number of unbranched alkanes of at least 4 members (excludes halogenated alkanes) is 6. The van der Waals surface area contributed by atoms with E-state index in [0.29, 0.717) is 17.9 Å². The molecule has 0 saturated carbocycles. The van der Waals surface area contributed by atoms with Crippen molar-refractivity contribution in [3.63, 3.8) is 0 Å². The van der Waals surface area contributed by atoms with Crippen molar-refractivity contribution >= 4 is 10.8 Å². The van der Waals surface area contributed by atoms with Crippen LogP contribution in [0.2, 0.25) is 0 Å². The summed E-state index contributed by atoms with van der Waals surface area (Å²) in [5.74, 6) is 0.717. The molecule has 0 aliphatic rings. The number of aromatic nitrogens is 1. The Morgan fingerprint density at radius 2 is 1.63 bits per heavy atom. The second kappa shape index (κ2) is 10.5. The van der Waals surface area contributed by atoms with Crippen LogP contribution in [-0.2, 0) is 6.18 Å². The third-order valence-corrected chi connectivity index (χ3v) is 5.22. The van der Waals surface area contributed by atoms with Gasteiger partial charge in [-0.15, -0.1) is 0 Å². The highest BCUT2D eigenvalue weighted by Gasteiger charge is 2.30. The Kier molecular flexibility index (Phi) is 7.72. The summed E-state index contributed by atoms with van der Waals surface area (Å²) in [5, 5.41) is 1.70. The van der Waals surface area contributed by atoms with Crippen molar-refractivity contribution in [1.82, 2.24) is 4.98 Å². The summed E-state index contributed by atoms with van der Waals surface area (Å²) in [6.07, 6.45) is 5.74. The number of nitrogens with zero attached hydrogens (tertiary/aromatic N) is 1. The quantitative estimate of drug-likeness (QED) is 0.313. The van der Waals surface area contributed by atoms with Crippen LogP contribution < -0.4 is 4.74 Å². The number of alkyl halides is 3. The highest BCUT2D eigenvalue weighted by Crippen LogP contribution is 2.34. The molecule has 1 aromatic heterocycles. The fourth-order valence-electron chi connectivity index (χ4n) is 3.56. The highest BCUT2D eigenvalue weighted by atomic mass is 19.4. The predicted octanol–water partition coefficient (Wildman–Crippen LogP) is 8.05. The van der Waals surface area contributed by atoms with Crippen LogP contribution in [0.5, 0.6) is 5.75 Å². The Morgan fingerprint density at radius 1 is 0.867 bits per heavy atom. The monoisotopic (exact) mass is 415 g/mol. The molecule has 160 valence electrons. The second-order valence-electron chi connectivity index (χ2n) is 7.59. The van der Waals surface area contributed by atoms with Gasteiger partial charge in [0.25, 0.3) is 0 Å². The van der Waals surface area contributed by atoms with E-state index in [1.165, 1.54) is 38.2 Å². The standard InChI is InChI=1S/C25H28F3NO/c1-2-3-4-5-6-7-8-16-30-22-13-12-19-14-15-29-24(23(19)18-22)20-10-9-11-21(17-20)25(26,27)28/h9-15,17-18H,2-8,16H2,1H3. The zero-order chi connectivity index (χ0) is 21.4. The number of pyridine rings is 1. The number of fused-ring (bicyclic) bond motifs is 1. The van der Waals surface area contributed by atoms with Gasteiger partial charge in [0.05, 0.1) is 17.9 Å². The lowest BCUT2D eigenvalue weighted by Crippen LogP contribution is -2.04. The van der Waals surface area contributed by atoms with Crippen molar-refractivity contribution in [2.24, 2.45) is 0 Å². The highest BCUT2D eigenvalue weighted by molar-refractivity contribution is 5.95. The van der Waals surface area contributed by atoms with E-state index >= 15 is 0 Å². The van der Waals surface area contributed by atoms with E-state index in [1.54, 1.807) is 12.3 Å². The van der Waals surface area contributed by atoms with Gasteiger partial charge < -0.3 is 4.74 Å². The first-order valence-electron chi connectivity index (χ1n) is 10.7. The average Bonchev–Trinajstić information content (AvgIpc) is 2.74. The molecule has 0 amide bonds. The number of ether oxygens (including phenoxy) is 1. The minimum Gasteiger partial charge on any atom is -0.494 e. The molecule has 0 aliphatic heterocycles. The maximum absolute atomic E-state index is 13.1. The maximum Gasteiger partial charge on any atom is 0.416 e. The van der Waals surface area contributed by atoms with Crippen molar-refractivity contribution in [3.8, 4) is 17.0 Å². The Morgan fingerprint density at radius 3 is 2.40 bits per heavy atom. The molecule has 0 radical (unpaired) electrons. The van der Waals surface area contributed by atoms with E-state index in [4.69, 9.17) is 4.74 Å². The van der Waals surface area contributed by atoms with Gasteiger partial charge >= 0.3 is 6.18 Å². The summed E-state index contributed by atoms with van der Waals surface area (Å²) < 4.78 is 45.2. The van der Waals surface area contributed by atoms with Crippen molar-refractivity contribution < 1.29 is 17.9 Å². The molecular formula is C25H28F3NO. The minimum absolute atomic E-state index is 0.444. The molecule has 3 rings (SSSR count). The smallest absolute Gasteiger partial charge is 0.416 e. The van der Waals surface area contributed by atoms with E-state index in [-0.39, 0.29) is 0 Å². The summed E-state index contributed by atoms with van der Waals surface area (Å²) in [5.41, 5.74) is 0.296. The molecule has 1 heterocycles. The number of benzene rings is 2. The Bertz CT molecular complexity index is 953. The van der Waals surface area contributed by atoms with Crippen LogP contribution in [0.15, 0.2) is 54.7 Å². The fourth-order valence-corrected chi connectivity index (χ4v) is 3.56. The van der Waals surface area contributed by atoms with E-state index < -0.39 is 11.7 Å². The van der Waals surface area contributed by atoms with Crippen LogP contribution >= 0.6 is 0 Å². The van der Waals surface area contributed by atoms with Gasteiger partial charge in [0.15, 0.2) is 0 Å². The Balaban J connectivity index is 1.70. The van der Waals surface area contributed by atoms with Gasteiger partial charge in [-0.3, -0.25) is 4.98 Å². The van der Waals surface area contributed by atoms with Crippen molar-refractivity contribution in [3.05, 3.63) is 60.3 Å². The molecule has 0 unspecified atom stereocenters. The maximum atomic E-state index is 13.1. The first-order chi connectivity index (χ1) is 14.5. The number of hydrogen-bond acceptors (Lipinski definition) is 2. The van der Waals surface area contributed by atoms with Gasteiger partial charge in [0, 0.05) is 17.1 Å². The lowest BCUT2D eigenvalue weighted by Gasteiger charge is -2.12. The summed E-state index contributed by atoms with van der Waals surface area (Å²) >= 11 is 0. The van der Waals surface area contributed by atoms with Gasteiger partial charge in [-0.25, -0.2) is 0 Å². The molecule has 0 fully saturated rings. The zero-order valence-corrected chi connectivity index (χ0v) is 17.3. The lowest BCUT2D eigenvalue weighted by molar-refractivity contribution is -0.137. The largest absolute Gasteiger partial charge is 0.494 e. The van der Waals surface area contributed by atoms with E-state index in [9.17, 15) is 13.2 Å². The Hall–Kier alpha value is -2.56. The van der Waals surface area contributed by atoms with Crippen molar-refractivity contribution in [2.75, 3.05) is 6.61 Å². The van der Waals surface area contributed by atoms with Crippen LogP contribution in [-0.4, -0.2) is 11.6 Å².